The van der Waals surface area contributed by atoms with Crippen molar-refractivity contribution in [1.29, 1.82) is 0 Å². The highest BCUT2D eigenvalue weighted by Gasteiger charge is 2.34. The van der Waals surface area contributed by atoms with Gasteiger partial charge in [0.05, 0.1) is 18.9 Å². The summed E-state index contributed by atoms with van der Waals surface area (Å²) in [7, 11) is 0. The first-order valence-electron chi connectivity index (χ1n) is 8.88. The van der Waals surface area contributed by atoms with Crippen LogP contribution in [0.2, 0.25) is 0 Å². The second kappa shape index (κ2) is 7.32. The van der Waals surface area contributed by atoms with Crippen LogP contribution in [0.1, 0.15) is 47.9 Å². The Morgan fingerprint density at radius 3 is 2.74 bits per heavy atom. The molecule has 2 aromatic heterocycles. The lowest BCUT2D eigenvalue weighted by Gasteiger charge is -2.32. The number of amides is 1. The van der Waals surface area contributed by atoms with Gasteiger partial charge in [0.15, 0.2) is 5.82 Å². The van der Waals surface area contributed by atoms with Gasteiger partial charge in [-0.2, -0.15) is 4.98 Å². The van der Waals surface area contributed by atoms with Crippen molar-refractivity contribution in [1.82, 2.24) is 20.2 Å². The minimum absolute atomic E-state index is 0.182. The van der Waals surface area contributed by atoms with E-state index in [-0.39, 0.29) is 17.6 Å². The molecule has 1 amide bonds. The highest BCUT2D eigenvalue weighted by Crippen LogP contribution is 2.27. The zero-order valence-corrected chi connectivity index (χ0v) is 15.2. The molecular formula is C19H20N4O4. The summed E-state index contributed by atoms with van der Waals surface area (Å²) in [6, 6.07) is 10.7. The lowest BCUT2D eigenvalue weighted by atomic mass is 10.1. The largest absolute Gasteiger partial charge is 0.377 e. The summed E-state index contributed by atoms with van der Waals surface area (Å²) in [6.45, 7) is 5.14. The lowest BCUT2D eigenvalue weighted by Crippen LogP contribution is -2.43. The third-order valence-electron chi connectivity index (χ3n) is 4.48. The molecule has 0 radical (unpaired) electrons. The molecule has 4 rings (SSSR count). The number of carbonyl (C=O) groups is 1. The van der Waals surface area contributed by atoms with E-state index in [2.05, 4.69) is 15.3 Å². The van der Waals surface area contributed by atoms with Crippen LogP contribution < -0.4 is 0 Å². The fourth-order valence-electron chi connectivity index (χ4n) is 2.93. The van der Waals surface area contributed by atoms with E-state index in [1.54, 1.807) is 11.0 Å². The number of ether oxygens (including phenoxy) is 1. The van der Waals surface area contributed by atoms with E-state index in [9.17, 15) is 4.79 Å². The van der Waals surface area contributed by atoms with Gasteiger partial charge in [0.2, 0.25) is 5.76 Å². The summed E-state index contributed by atoms with van der Waals surface area (Å²) in [4.78, 5) is 19.1. The SMILES string of the molecule is CC(C)c1cc(C(=O)N2CCOC[C@H]2c2noc(-c3ccccc3)n2)on1. The van der Waals surface area contributed by atoms with E-state index in [1.807, 2.05) is 44.2 Å². The molecule has 3 aromatic rings. The van der Waals surface area contributed by atoms with Gasteiger partial charge in [0.1, 0.15) is 6.04 Å². The van der Waals surface area contributed by atoms with Gasteiger partial charge >= 0.3 is 0 Å². The smallest absolute Gasteiger partial charge is 0.293 e. The van der Waals surface area contributed by atoms with Crippen LogP contribution in [0.25, 0.3) is 11.5 Å². The number of hydrogen-bond donors (Lipinski definition) is 0. The van der Waals surface area contributed by atoms with Crippen molar-refractivity contribution >= 4 is 5.91 Å². The van der Waals surface area contributed by atoms with E-state index < -0.39 is 6.04 Å². The number of benzene rings is 1. The van der Waals surface area contributed by atoms with Gasteiger partial charge in [0, 0.05) is 18.2 Å². The Labute approximate surface area is 156 Å². The second-order valence-electron chi connectivity index (χ2n) is 6.68. The predicted octanol–water partition coefficient (Wildman–Crippen LogP) is 3.06. The van der Waals surface area contributed by atoms with Crippen molar-refractivity contribution < 1.29 is 18.6 Å². The zero-order valence-electron chi connectivity index (χ0n) is 15.2. The molecular weight excluding hydrogens is 348 g/mol. The highest BCUT2D eigenvalue weighted by atomic mass is 16.5. The maximum Gasteiger partial charge on any atom is 0.293 e. The first kappa shape index (κ1) is 17.4. The van der Waals surface area contributed by atoms with Crippen LogP contribution in [0, 0.1) is 0 Å². The van der Waals surface area contributed by atoms with Gasteiger partial charge in [-0.05, 0) is 18.1 Å². The summed E-state index contributed by atoms with van der Waals surface area (Å²) in [5.41, 5.74) is 1.57. The van der Waals surface area contributed by atoms with Gasteiger partial charge < -0.3 is 18.7 Å². The van der Waals surface area contributed by atoms with Crippen LogP contribution in [-0.2, 0) is 4.74 Å². The molecule has 1 saturated heterocycles. The Kier molecular flexibility index (Phi) is 4.72. The van der Waals surface area contributed by atoms with Crippen LogP contribution in [0.4, 0.5) is 0 Å². The van der Waals surface area contributed by atoms with Crippen molar-refractivity contribution in [3.05, 3.63) is 53.7 Å². The average Bonchev–Trinajstić information content (AvgIpc) is 3.38. The van der Waals surface area contributed by atoms with Crippen LogP contribution in [0.15, 0.2) is 45.4 Å². The third-order valence-corrected chi connectivity index (χ3v) is 4.48. The van der Waals surface area contributed by atoms with E-state index in [4.69, 9.17) is 13.8 Å². The molecule has 0 unspecified atom stereocenters. The molecule has 140 valence electrons. The predicted molar refractivity (Wildman–Crippen MR) is 94.9 cm³/mol. The summed E-state index contributed by atoms with van der Waals surface area (Å²) >= 11 is 0. The molecule has 1 aliphatic heterocycles. The lowest BCUT2D eigenvalue weighted by molar-refractivity contribution is -0.00766. The van der Waals surface area contributed by atoms with Crippen molar-refractivity contribution in [2.24, 2.45) is 0 Å². The maximum absolute atomic E-state index is 12.9. The Morgan fingerprint density at radius 2 is 2.00 bits per heavy atom. The fourth-order valence-corrected chi connectivity index (χ4v) is 2.93. The number of nitrogens with zero attached hydrogens (tertiary/aromatic N) is 4. The summed E-state index contributed by atoms with van der Waals surface area (Å²) in [5, 5.41) is 8.04. The minimum Gasteiger partial charge on any atom is -0.377 e. The van der Waals surface area contributed by atoms with E-state index in [0.717, 1.165) is 11.3 Å². The van der Waals surface area contributed by atoms with E-state index in [1.165, 1.54) is 0 Å². The summed E-state index contributed by atoms with van der Waals surface area (Å²) in [5.74, 6) is 0.948. The molecule has 1 atom stereocenters. The molecule has 0 N–H and O–H groups in total. The second-order valence-corrected chi connectivity index (χ2v) is 6.68. The van der Waals surface area contributed by atoms with Crippen LogP contribution in [0.5, 0.6) is 0 Å². The number of hydrogen-bond acceptors (Lipinski definition) is 7. The molecule has 27 heavy (non-hydrogen) atoms. The summed E-state index contributed by atoms with van der Waals surface area (Å²) in [6.07, 6.45) is 0. The van der Waals surface area contributed by atoms with Gasteiger partial charge in [-0.3, -0.25) is 4.79 Å². The monoisotopic (exact) mass is 368 g/mol. The Bertz CT molecular complexity index is 919. The quantitative estimate of drug-likeness (QED) is 0.698. The van der Waals surface area contributed by atoms with Crippen molar-refractivity contribution in [2.75, 3.05) is 19.8 Å². The van der Waals surface area contributed by atoms with Crippen LogP contribution in [0.3, 0.4) is 0 Å². The normalized spacial score (nSPS) is 17.4. The number of aromatic nitrogens is 3. The number of carbonyl (C=O) groups excluding carboxylic acids is 1. The van der Waals surface area contributed by atoms with Crippen LogP contribution >= 0.6 is 0 Å². The molecule has 0 saturated carbocycles. The number of morpholine rings is 1. The molecule has 0 aliphatic carbocycles. The molecule has 0 spiro atoms. The molecule has 8 heteroatoms. The molecule has 0 bridgehead atoms. The van der Waals surface area contributed by atoms with Gasteiger partial charge in [-0.15, -0.1) is 0 Å². The molecule has 8 nitrogen and oxygen atoms in total. The van der Waals surface area contributed by atoms with E-state index >= 15 is 0 Å². The molecule has 3 heterocycles. The first-order valence-corrected chi connectivity index (χ1v) is 8.88. The number of rotatable bonds is 4. The zero-order chi connectivity index (χ0) is 18.8. The van der Waals surface area contributed by atoms with Gasteiger partial charge in [0.25, 0.3) is 11.8 Å². The van der Waals surface area contributed by atoms with Gasteiger partial charge in [-0.25, -0.2) is 0 Å². The Morgan fingerprint density at radius 1 is 1.19 bits per heavy atom. The minimum atomic E-state index is -0.444. The van der Waals surface area contributed by atoms with Crippen LogP contribution in [-0.4, -0.2) is 45.9 Å². The van der Waals surface area contributed by atoms with Gasteiger partial charge in [-0.1, -0.05) is 42.4 Å². The standard InChI is InChI=1S/C19H20N4O4/c1-12(2)14-10-16(26-21-14)19(24)23-8-9-25-11-15(23)17-20-18(27-22-17)13-6-4-3-5-7-13/h3-7,10,12,15H,8-9,11H2,1-2H3/t15-/m0/s1. The topological polar surface area (TPSA) is 94.5 Å². The molecule has 1 fully saturated rings. The fraction of sp³-hybridized carbons (Fsp3) is 0.368. The third kappa shape index (κ3) is 3.48. The van der Waals surface area contributed by atoms with Crippen molar-refractivity contribution in [3.8, 4) is 11.5 Å². The van der Waals surface area contributed by atoms with Crippen molar-refractivity contribution in [2.45, 2.75) is 25.8 Å². The summed E-state index contributed by atoms with van der Waals surface area (Å²) < 4.78 is 16.2. The Hall–Kier alpha value is -3.00. The highest BCUT2D eigenvalue weighted by molar-refractivity contribution is 5.91. The maximum atomic E-state index is 12.9. The molecule has 1 aromatic carbocycles. The average molecular weight is 368 g/mol. The van der Waals surface area contributed by atoms with Crippen molar-refractivity contribution in [3.63, 3.8) is 0 Å². The first-order chi connectivity index (χ1) is 13.1. The Balaban J connectivity index is 1.59. The molecule has 1 aliphatic rings. The van der Waals surface area contributed by atoms with E-state index in [0.29, 0.717) is 31.5 Å².